The number of hydrogen-bond acceptors (Lipinski definition) is 7. The molecule has 13 heteroatoms. The van der Waals surface area contributed by atoms with Crippen molar-refractivity contribution in [2.75, 3.05) is 13.2 Å². The fourth-order valence-electron chi connectivity index (χ4n) is 3.10. The van der Waals surface area contributed by atoms with E-state index in [1.807, 2.05) is 18.6 Å². The number of aryl methyl sites for hydroxylation is 1. The molecule has 0 spiro atoms. The first-order valence-electron chi connectivity index (χ1n) is 11.4. The number of nitrogens with one attached hydrogen (secondary N) is 1. The largest absolute Gasteiger partial charge is 0.493 e. The average Bonchev–Trinajstić information content (AvgIpc) is 2.81. The molecular weight excluding hydrogens is 530 g/mol. The number of carbonyl (C=O) groups excluding carboxylic acids is 1. The lowest BCUT2D eigenvalue weighted by Crippen LogP contribution is -2.32. The minimum atomic E-state index is -4.55. The molecule has 0 radical (unpaired) electrons. The van der Waals surface area contributed by atoms with Crippen LogP contribution in [0.15, 0.2) is 53.6 Å². The summed E-state index contributed by atoms with van der Waals surface area (Å²) in [6.07, 6.45) is -5.90. The third-order valence-electron chi connectivity index (χ3n) is 4.84. The molecule has 8 nitrogen and oxygen atoms in total. The number of rotatable bonds is 10. The predicted octanol–water partition coefficient (Wildman–Crippen LogP) is 5.08. The number of alkyl halides is 3. The highest BCUT2D eigenvalue weighted by Crippen LogP contribution is 2.29. The van der Waals surface area contributed by atoms with E-state index in [0.717, 1.165) is 12.1 Å². The van der Waals surface area contributed by atoms with Crippen molar-refractivity contribution in [2.45, 2.75) is 38.4 Å². The number of hydrogen-bond donors (Lipinski definition) is 1. The Labute approximate surface area is 217 Å². The van der Waals surface area contributed by atoms with Crippen LogP contribution >= 0.6 is 0 Å². The fourth-order valence-corrected chi connectivity index (χ4v) is 4.08. The zero-order valence-electron chi connectivity index (χ0n) is 20.7. The van der Waals surface area contributed by atoms with Crippen LogP contribution in [0.3, 0.4) is 0 Å². The quantitative estimate of drug-likeness (QED) is 0.348. The molecule has 0 aliphatic carbocycles. The van der Waals surface area contributed by atoms with Gasteiger partial charge in [-0.05, 0) is 49.2 Å². The van der Waals surface area contributed by atoms with E-state index < -0.39 is 57.4 Å². The Morgan fingerprint density at radius 3 is 2.45 bits per heavy atom. The molecule has 0 aliphatic heterocycles. The zero-order valence-corrected chi connectivity index (χ0v) is 21.5. The second-order valence-electron chi connectivity index (χ2n) is 8.70. The molecule has 3 aromatic rings. The monoisotopic (exact) mass is 555 g/mol. The van der Waals surface area contributed by atoms with Crippen LogP contribution in [0.4, 0.5) is 17.6 Å². The summed E-state index contributed by atoms with van der Waals surface area (Å²) < 4.78 is 90.1. The molecule has 0 fully saturated rings. The van der Waals surface area contributed by atoms with Gasteiger partial charge < -0.3 is 9.47 Å². The molecular formula is C25H25F4N3O5S. The topological polar surface area (TPSA) is 107 Å². The Kier molecular flexibility index (Phi) is 8.92. The van der Waals surface area contributed by atoms with E-state index >= 15 is 0 Å². The van der Waals surface area contributed by atoms with Crippen molar-refractivity contribution < 1.29 is 40.2 Å². The summed E-state index contributed by atoms with van der Waals surface area (Å²) in [4.78, 5) is 20.8. The van der Waals surface area contributed by atoms with Crippen LogP contribution in [0.1, 0.15) is 36.3 Å². The molecule has 2 aromatic heterocycles. The Morgan fingerprint density at radius 1 is 1.05 bits per heavy atom. The molecule has 0 bridgehead atoms. The van der Waals surface area contributed by atoms with E-state index in [1.54, 1.807) is 13.0 Å². The first-order valence-corrected chi connectivity index (χ1v) is 12.9. The lowest BCUT2D eigenvalue weighted by molar-refractivity contribution is -0.139. The molecule has 0 atom stereocenters. The van der Waals surface area contributed by atoms with Crippen molar-refractivity contribution in [3.05, 3.63) is 65.6 Å². The van der Waals surface area contributed by atoms with Gasteiger partial charge in [0.15, 0.2) is 5.03 Å². The second-order valence-corrected chi connectivity index (χ2v) is 10.3. The highest BCUT2D eigenvalue weighted by Gasteiger charge is 2.28. The van der Waals surface area contributed by atoms with E-state index in [9.17, 15) is 30.8 Å². The fraction of sp³-hybridized carbons (Fsp3) is 0.320. The molecule has 1 N–H and O–H groups in total. The first kappa shape index (κ1) is 28.8. The summed E-state index contributed by atoms with van der Waals surface area (Å²) in [6, 6.07) is 10.3. The number of ether oxygens (including phenoxy) is 2. The van der Waals surface area contributed by atoms with Crippen LogP contribution in [0.2, 0.25) is 0 Å². The average molecular weight is 556 g/mol. The third kappa shape index (κ3) is 8.13. The number of nitrogens with zero attached hydrogens (tertiary/aromatic N) is 2. The Balaban J connectivity index is 1.96. The zero-order chi connectivity index (χ0) is 28.1. The highest BCUT2D eigenvalue weighted by molar-refractivity contribution is 7.90. The minimum Gasteiger partial charge on any atom is -0.493 e. The summed E-state index contributed by atoms with van der Waals surface area (Å²) in [5, 5.41) is -0.427. The van der Waals surface area contributed by atoms with Crippen molar-refractivity contribution in [3.63, 3.8) is 0 Å². The summed E-state index contributed by atoms with van der Waals surface area (Å²) in [6.45, 7) is 4.79. The molecule has 1 aromatic carbocycles. The Bertz CT molecular complexity index is 1410. The molecule has 38 heavy (non-hydrogen) atoms. The maximum absolute atomic E-state index is 14.3. The molecule has 0 saturated heterocycles. The summed E-state index contributed by atoms with van der Waals surface area (Å²) >= 11 is 0. The molecule has 1 amide bonds. The maximum atomic E-state index is 14.3. The van der Waals surface area contributed by atoms with Crippen LogP contribution in [-0.4, -0.2) is 43.7 Å². The van der Waals surface area contributed by atoms with Crippen molar-refractivity contribution >= 4 is 15.9 Å². The number of aromatic nitrogens is 2. The minimum absolute atomic E-state index is 0.0562. The molecule has 204 valence electrons. The van der Waals surface area contributed by atoms with Gasteiger partial charge in [-0.15, -0.1) is 0 Å². The number of benzene rings is 1. The van der Waals surface area contributed by atoms with E-state index in [4.69, 9.17) is 9.47 Å². The number of sulfonamides is 1. The van der Waals surface area contributed by atoms with Gasteiger partial charge in [0.05, 0.1) is 25.3 Å². The van der Waals surface area contributed by atoms with Gasteiger partial charge in [-0.3, -0.25) is 4.79 Å². The van der Waals surface area contributed by atoms with Gasteiger partial charge in [-0.1, -0.05) is 19.9 Å². The number of halogens is 4. The summed E-state index contributed by atoms with van der Waals surface area (Å²) in [5.74, 6) is -2.05. The van der Waals surface area contributed by atoms with Gasteiger partial charge in [0.25, 0.3) is 15.9 Å². The van der Waals surface area contributed by atoms with Crippen molar-refractivity contribution in [1.82, 2.24) is 14.7 Å². The number of carbonyl (C=O) groups is 1. The normalized spacial score (nSPS) is 11.9. The van der Waals surface area contributed by atoms with Crippen molar-refractivity contribution in [3.8, 4) is 22.9 Å². The van der Waals surface area contributed by atoms with Gasteiger partial charge in [0.1, 0.15) is 17.1 Å². The Hall–Kier alpha value is -3.74. The van der Waals surface area contributed by atoms with Crippen LogP contribution in [0, 0.1) is 18.7 Å². The van der Waals surface area contributed by atoms with E-state index in [2.05, 4.69) is 9.97 Å². The van der Waals surface area contributed by atoms with Crippen LogP contribution in [0.25, 0.3) is 11.3 Å². The second kappa shape index (κ2) is 11.8. The van der Waals surface area contributed by atoms with Crippen LogP contribution in [-0.2, 0) is 10.0 Å². The summed E-state index contributed by atoms with van der Waals surface area (Å²) in [5.41, 5.74) is 0.197. The predicted molar refractivity (Wildman–Crippen MR) is 130 cm³/mol. The molecule has 0 unspecified atom stereocenters. The summed E-state index contributed by atoms with van der Waals surface area (Å²) in [7, 11) is -4.42. The maximum Gasteiger partial charge on any atom is 0.392 e. The Morgan fingerprint density at radius 2 is 1.79 bits per heavy atom. The lowest BCUT2D eigenvalue weighted by Gasteiger charge is -2.14. The highest BCUT2D eigenvalue weighted by atomic mass is 32.2. The lowest BCUT2D eigenvalue weighted by atomic mass is 10.1. The van der Waals surface area contributed by atoms with Crippen LogP contribution < -0.4 is 14.2 Å². The SMILES string of the molecule is Cc1cccc(S(=O)(=O)NC(=O)c2ccc(-c3cc(F)cc(OCC(C)C)c3)nc2OCCC(F)(F)F)n1. The first-order chi connectivity index (χ1) is 17.7. The van der Waals surface area contributed by atoms with Crippen molar-refractivity contribution in [2.24, 2.45) is 5.92 Å². The van der Waals surface area contributed by atoms with Gasteiger partial charge in [0.2, 0.25) is 5.88 Å². The van der Waals surface area contributed by atoms with E-state index in [0.29, 0.717) is 12.3 Å². The van der Waals surface area contributed by atoms with Gasteiger partial charge in [-0.25, -0.2) is 19.1 Å². The van der Waals surface area contributed by atoms with E-state index in [-0.39, 0.29) is 22.9 Å². The van der Waals surface area contributed by atoms with Crippen LogP contribution in [0.5, 0.6) is 11.6 Å². The van der Waals surface area contributed by atoms with Gasteiger partial charge >= 0.3 is 6.18 Å². The van der Waals surface area contributed by atoms with Crippen molar-refractivity contribution in [1.29, 1.82) is 0 Å². The molecule has 0 saturated carbocycles. The molecule has 2 heterocycles. The third-order valence-corrected chi connectivity index (χ3v) is 6.08. The van der Waals surface area contributed by atoms with Gasteiger partial charge in [0, 0.05) is 17.3 Å². The number of amides is 1. The molecule has 0 aliphatic rings. The number of pyridine rings is 2. The smallest absolute Gasteiger partial charge is 0.392 e. The van der Waals surface area contributed by atoms with Gasteiger partial charge in [-0.2, -0.15) is 21.6 Å². The standard InChI is InChI=1S/C25H25F4N3O5S/c1-15(2)14-37-19-12-17(11-18(26)13-19)21-8-7-20(24(31-21)36-10-9-25(27,28)29)23(33)32-38(34,35)22-6-4-5-16(3)30-22/h4-8,11-13,15H,9-10,14H2,1-3H3,(H,32,33). The van der Waals surface area contributed by atoms with E-state index in [1.165, 1.54) is 30.3 Å². The molecule has 3 rings (SSSR count).